The maximum atomic E-state index is 12.4. The van der Waals surface area contributed by atoms with Crippen molar-refractivity contribution < 1.29 is 9.53 Å². The van der Waals surface area contributed by atoms with Crippen LogP contribution in [0.15, 0.2) is 54.6 Å². The number of hydrogen-bond acceptors (Lipinski definition) is 3. The van der Waals surface area contributed by atoms with Crippen molar-refractivity contribution in [3.8, 4) is 0 Å². The summed E-state index contributed by atoms with van der Waals surface area (Å²) in [6.45, 7) is 3.93. The Kier molecular flexibility index (Phi) is 7.11. The molecule has 4 nitrogen and oxygen atoms in total. The Balaban J connectivity index is 0.00000225. The summed E-state index contributed by atoms with van der Waals surface area (Å²) in [5, 5.41) is 6.51. The number of benzene rings is 2. The van der Waals surface area contributed by atoms with Crippen LogP contribution in [0.4, 0.5) is 0 Å². The Morgan fingerprint density at radius 2 is 1.57 bits per heavy atom. The van der Waals surface area contributed by atoms with Crippen LogP contribution in [-0.4, -0.2) is 19.0 Å². The van der Waals surface area contributed by atoms with Crippen LogP contribution in [0, 0.1) is 11.3 Å². The van der Waals surface area contributed by atoms with Gasteiger partial charge in [-0.25, -0.2) is 0 Å². The van der Waals surface area contributed by atoms with E-state index in [1.54, 1.807) is 0 Å². The molecule has 0 aromatic heterocycles. The first-order valence-electron chi connectivity index (χ1n) is 9.93. The molecule has 1 aliphatic heterocycles. The van der Waals surface area contributed by atoms with Crippen molar-refractivity contribution in [1.82, 2.24) is 10.6 Å². The lowest BCUT2D eigenvalue weighted by atomic mass is 9.92. The van der Waals surface area contributed by atoms with Gasteiger partial charge in [0, 0.05) is 12.5 Å². The number of amides is 1. The van der Waals surface area contributed by atoms with Crippen molar-refractivity contribution in [2.24, 2.45) is 11.3 Å². The van der Waals surface area contributed by atoms with Crippen molar-refractivity contribution >= 4 is 18.3 Å². The summed E-state index contributed by atoms with van der Waals surface area (Å²) in [5.41, 5.74) is 3.77. The molecular weight excluding hydrogens is 372 g/mol. The highest BCUT2D eigenvalue weighted by molar-refractivity contribution is 5.85. The SMILES string of the molecule is Cl.O=C(NCc1ccc(COCc2ccccc2)cc1)C1CC12CCNCC2. The number of nitrogens with one attached hydrogen (secondary N) is 2. The van der Waals surface area contributed by atoms with Gasteiger partial charge in [0.05, 0.1) is 13.2 Å². The van der Waals surface area contributed by atoms with E-state index in [2.05, 4.69) is 47.0 Å². The average Bonchev–Trinajstić information content (AvgIpc) is 3.41. The molecule has 1 atom stereocenters. The highest BCUT2D eigenvalue weighted by atomic mass is 35.5. The number of piperidine rings is 1. The zero-order valence-corrected chi connectivity index (χ0v) is 17.0. The summed E-state index contributed by atoms with van der Waals surface area (Å²) >= 11 is 0. The Morgan fingerprint density at radius 1 is 0.964 bits per heavy atom. The maximum Gasteiger partial charge on any atom is 0.223 e. The maximum absolute atomic E-state index is 12.4. The highest BCUT2D eigenvalue weighted by Gasteiger charge is 2.57. The van der Waals surface area contributed by atoms with Gasteiger partial charge in [-0.3, -0.25) is 4.79 Å². The number of ether oxygens (including phenoxy) is 1. The molecule has 2 aromatic rings. The molecule has 1 saturated carbocycles. The number of halogens is 1. The largest absolute Gasteiger partial charge is 0.372 e. The first-order chi connectivity index (χ1) is 13.3. The number of carbonyl (C=O) groups is 1. The van der Waals surface area contributed by atoms with Gasteiger partial charge in [0.2, 0.25) is 5.91 Å². The lowest BCUT2D eigenvalue weighted by molar-refractivity contribution is -0.123. The molecule has 0 bridgehead atoms. The molecule has 28 heavy (non-hydrogen) atoms. The molecule has 1 aliphatic carbocycles. The van der Waals surface area contributed by atoms with E-state index < -0.39 is 0 Å². The molecule has 1 heterocycles. The normalized spacial score (nSPS) is 19.6. The van der Waals surface area contributed by atoms with Gasteiger partial charge < -0.3 is 15.4 Å². The molecule has 1 unspecified atom stereocenters. The Hall–Kier alpha value is -1.88. The molecule has 1 saturated heterocycles. The van der Waals surface area contributed by atoms with Gasteiger partial charge in [-0.05, 0) is 54.5 Å². The molecule has 2 N–H and O–H groups in total. The molecule has 2 aromatic carbocycles. The fraction of sp³-hybridized carbons (Fsp3) is 0.435. The summed E-state index contributed by atoms with van der Waals surface area (Å²) in [6, 6.07) is 18.5. The molecule has 2 aliphatic rings. The van der Waals surface area contributed by atoms with E-state index >= 15 is 0 Å². The summed E-state index contributed by atoms with van der Waals surface area (Å²) in [5.74, 6) is 0.456. The minimum Gasteiger partial charge on any atom is -0.372 e. The van der Waals surface area contributed by atoms with Gasteiger partial charge in [-0.1, -0.05) is 54.6 Å². The zero-order chi connectivity index (χ0) is 18.5. The number of hydrogen-bond donors (Lipinski definition) is 2. The van der Waals surface area contributed by atoms with E-state index in [1.165, 1.54) is 5.56 Å². The first-order valence-corrected chi connectivity index (χ1v) is 9.93. The van der Waals surface area contributed by atoms with Crippen molar-refractivity contribution in [1.29, 1.82) is 0 Å². The average molecular weight is 401 g/mol. The van der Waals surface area contributed by atoms with Gasteiger partial charge in [0.15, 0.2) is 0 Å². The van der Waals surface area contributed by atoms with Crippen LogP contribution in [0.25, 0.3) is 0 Å². The minimum atomic E-state index is 0. The predicted octanol–water partition coefficient (Wildman–Crippen LogP) is 3.83. The van der Waals surface area contributed by atoms with Gasteiger partial charge in [0.1, 0.15) is 0 Å². The highest BCUT2D eigenvalue weighted by Crippen LogP contribution is 2.58. The van der Waals surface area contributed by atoms with E-state index in [4.69, 9.17) is 4.74 Å². The predicted molar refractivity (Wildman–Crippen MR) is 113 cm³/mol. The fourth-order valence-corrected chi connectivity index (χ4v) is 4.12. The fourth-order valence-electron chi connectivity index (χ4n) is 4.12. The molecule has 2 fully saturated rings. The molecule has 1 spiro atoms. The third kappa shape index (κ3) is 5.13. The summed E-state index contributed by atoms with van der Waals surface area (Å²) < 4.78 is 5.77. The molecule has 1 amide bonds. The second-order valence-corrected chi connectivity index (χ2v) is 7.88. The monoisotopic (exact) mass is 400 g/mol. The molecule has 5 heteroatoms. The first kappa shape index (κ1) is 20.8. The van der Waals surface area contributed by atoms with E-state index in [1.807, 2.05) is 18.2 Å². The third-order valence-electron chi connectivity index (χ3n) is 5.98. The van der Waals surface area contributed by atoms with Crippen LogP contribution < -0.4 is 10.6 Å². The standard InChI is InChI=1S/C23H28N2O2.ClH/c26-22(21-14-23(21)10-12-24-13-11-23)25-15-18-6-8-20(9-7-18)17-27-16-19-4-2-1-3-5-19;/h1-9,21,24H,10-17H2,(H,25,26);1H. The number of rotatable bonds is 7. The van der Waals surface area contributed by atoms with Gasteiger partial charge >= 0.3 is 0 Å². The van der Waals surface area contributed by atoms with Gasteiger partial charge in [0.25, 0.3) is 0 Å². The topological polar surface area (TPSA) is 50.4 Å². The quantitative estimate of drug-likeness (QED) is 0.742. The Morgan fingerprint density at radius 3 is 2.25 bits per heavy atom. The third-order valence-corrected chi connectivity index (χ3v) is 5.98. The Labute approximate surface area is 173 Å². The van der Waals surface area contributed by atoms with Gasteiger partial charge in [-0.15, -0.1) is 12.4 Å². The van der Waals surface area contributed by atoms with Gasteiger partial charge in [-0.2, -0.15) is 0 Å². The summed E-state index contributed by atoms with van der Waals surface area (Å²) in [6.07, 6.45) is 3.35. The van der Waals surface area contributed by atoms with Crippen LogP contribution in [0.3, 0.4) is 0 Å². The smallest absolute Gasteiger partial charge is 0.223 e. The second kappa shape index (κ2) is 9.55. The van der Waals surface area contributed by atoms with E-state index in [9.17, 15) is 4.79 Å². The van der Waals surface area contributed by atoms with Crippen LogP contribution in [0.2, 0.25) is 0 Å². The molecule has 0 radical (unpaired) electrons. The lowest BCUT2D eigenvalue weighted by Crippen LogP contribution is -2.33. The van der Waals surface area contributed by atoms with Crippen molar-refractivity contribution in [2.75, 3.05) is 13.1 Å². The molecular formula is C23H29ClN2O2. The van der Waals surface area contributed by atoms with Crippen LogP contribution >= 0.6 is 12.4 Å². The van der Waals surface area contributed by atoms with E-state index in [-0.39, 0.29) is 24.2 Å². The minimum absolute atomic E-state index is 0. The van der Waals surface area contributed by atoms with E-state index in [0.29, 0.717) is 25.2 Å². The zero-order valence-electron chi connectivity index (χ0n) is 16.2. The van der Waals surface area contributed by atoms with Crippen molar-refractivity contribution in [2.45, 2.75) is 39.0 Å². The Bertz CT molecular complexity index is 758. The molecule has 150 valence electrons. The summed E-state index contributed by atoms with van der Waals surface area (Å²) in [4.78, 5) is 12.4. The van der Waals surface area contributed by atoms with E-state index in [0.717, 1.165) is 43.5 Å². The lowest BCUT2D eigenvalue weighted by Gasteiger charge is -2.23. The van der Waals surface area contributed by atoms with Crippen molar-refractivity contribution in [3.05, 3.63) is 71.3 Å². The second-order valence-electron chi connectivity index (χ2n) is 7.88. The van der Waals surface area contributed by atoms with Crippen LogP contribution in [-0.2, 0) is 29.3 Å². The summed E-state index contributed by atoms with van der Waals surface area (Å²) in [7, 11) is 0. The molecule has 4 rings (SSSR count). The number of carbonyl (C=O) groups excluding carboxylic acids is 1. The van der Waals surface area contributed by atoms with Crippen LogP contribution in [0.5, 0.6) is 0 Å². The van der Waals surface area contributed by atoms with Crippen LogP contribution in [0.1, 0.15) is 36.0 Å². The van der Waals surface area contributed by atoms with Crippen molar-refractivity contribution in [3.63, 3.8) is 0 Å².